The lowest BCUT2D eigenvalue weighted by atomic mass is 10.2. The van der Waals surface area contributed by atoms with E-state index in [4.69, 9.17) is 14.0 Å². The van der Waals surface area contributed by atoms with E-state index >= 15 is 0 Å². The molecule has 0 atom stereocenters. The number of hydrogen-bond donors (Lipinski definition) is 2. The van der Waals surface area contributed by atoms with Gasteiger partial charge in [0.05, 0.1) is 5.75 Å². The second kappa shape index (κ2) is 9.11. The van der Waals surface area contributed by atoms with Crippen molar-refractivity contribution in [2.75, 3.05) is 12.3 Å². The molecule has 1 aromatic rings. The van der Waals surface area contributed by atoms with Crippen LogP contribution in [0.5, 0.6) is 5.75 Å². The molecule has 9 heteroatoms. The van der Waals surface area contributed by atoms with Gasteiger partial charge in [-0.2, -0.15) is 8.42 Å². The smallest absolute Gasteiger partial charge is 0.407 e. The summed E-state index contributed by atoms with van der Waals surface area (Å²) in [4.78, 5) is 22.5. The maximum atomic E-state index is 11.4. The van der Waals surface area contributed by atoms with Gasteiger partial charge in [0.1, 0.15) is 12.4 Å². The van der Waals surface area contributed by atoms with Gasteiger partial charge in [-0.05, 0) is 24.1 Å². The van der Waals surface area contributed by atoms with Gasteiger partial charge in [-0.25, -0.2) is 4.79 Å². The summed E-state index contributed by atoms with van der Waals surface area (Å²) in [7, 11) is -4.02. The molecule has 128 valence electrons. The normalized spacial score (nSPS) is 10.9. The molecule has 23 heavy (non-hydrogen) atoms. The van der Waals surface area contributed by atoms with Gasteiger partial charge in [0, 0.05) is 13.0 Å². The van der Waals surface area contributed by atoms with E-state index in [1.165, 1.54) is 0 Å². The first kappa shape index (κ1) is 18.9. The van der Waals surface area contributed by atoms with Crippen molar-refractivity contribution in [1.29, 1.82) is 0 Å². The van der Waals surface area contributed by atoms with Crippen LogP contribution in [0.4, 0.5) is 4.79 Å². The molecule has 0 saturated heterocycles. The van der Waals surface area contributed by atoms with E-state index in [0.717, 1.165) is 0 Å². The second-order valence-electron chi connectivity index (χ2n) is 4.61. The van der Waals surface area contributed by atoms with Gasteiger partial charge in [0.15, 0.2) is 0 Å². The fourth-order valence-electron chi connectivity index (χ4n) is 1.50. The summed E-state index contributed by atoms with van der Waals surface area (Å²) in [5.74, 6) is -0.348. The summed E-state index contributed by atoms with van der Waals surface area (Å²) in [6.45, 7) is 1.79. The van der Waals surface area contributed by atoms with Crippen LogP contribution in [0.2, 0.25) is 0 Å². The molecule has 0 unspecified atom stereocenters. The molecule has 8 nitrogen and oxygen atoms in total. The zero-order chi connectivity index (χ0) is 17.3. The minimum Gasteiger partial charge on any atom is -0.445 e. The van der Waals surface area contributed by atoms with Gasteiger partial charge < -0.3 is 14.8 Å². The molecule has 1 aromatic carbocycles. The van der Waals surface area contributed by atoms with Crippen LogP contribution >= 0.6 is 0 Å². The molecule has 0 bridgehead atoms. The first-order valence-electron chi connectivity index (χ1n) is 6.95. The molecular weight excluding hydrogens is 326 g/mol. The highest BCUT2D eigenvalue weighted by Crippen LogP contribution is 2.13. The fraction of sp³-hybridized carbons (Fsp3) is 0.429. The zero-order valence-corrected chi connectivity index (χ0v) is 13.5. The van der Waals surface area contributed by atoms with Crippen LogP contribution in [-0.2, 0) is 26.3 Å². The summed E-state index contributed by atoms with van der Waals surface area (Å²) in [6, 6.07) is 6.50. The molecule has 0 radical (unpaired) electrons. The number of alkyl carbamates (subject to hydrolysis) is 1. The maximum absolute atomic E-state index is 11.4. The van der Waals surface area contributed by atoms with Crippen LogP contribution in [0.15, 0.2) is 24.3 Å². The highest BCUT2D eigenvalue weighted by Gasteiger charge is 2.06. The van der Waals surface area contributed by atoms with Crippen molar-refractivity contribution in [3.63, 3.8) is 0 Å². The fourth-order valence-corrected chi connectivity index (χ4v) is 2.01. The first-order chi connectivity index (χ1) is 10.8. The lowest BCUT2D eigenvalue weighted by Crippen LogP contribution is -2.26. The summed E-state index contributed by atoms with van der Waals surface area (Å²) in [5, 5.41) is 2.36. The third-order valence-electron chi connectivity index (χ3n) is 2.66. The molecule has 0 fully saturated rings. The topological polar surface area (TPSA) is 119 Å². The van der Waals surface area contributed by atoms with Crippen LogP contribution in [0, 0.1) is 0 Å². The Hall–Kier alpha value is -2.13. The summed E-state index contributed by atoms with van der Waals surface area (Å²) in [5.41, 5.74) is 0.703. The van der Waals surface area contributed by atoms with E-state index < -0.39 is 22.0 Å². The number of carbonyl (C=O) groups excluding carboxylic acids is 2. The molecule has 0 aliphatic carbocycles. The Kier molecular flexibility index (Phi) is 7.49. The number of nitrogens with one attached hydrogen (secondary N) is 1. The number of rotatable bonds is 8. The Morgan fingerprint density at radius 3 is 2.43 bits per heavy atom. The van der Waals surface area contributed by atoms with E-state index in [-0.39, 0.29) is 32.0 Å². The lowest BCUT2D eigenvalue weighted by molar-refractivity contribution is -0.134. The summed E-state index contributed by atoms with van der Waals surface area (Å²) >= 11 is 0. The number of carbonyl (C=O) groups is 2. The third kappa shape index (κ3) is 8.79. The minimum atomic E-state index is -4.02. The van der Waals surface area contributed by atoms with Crippen LogP contribution in [-0.4, -0.2) is 37.3 Å². The molecule has 0 aromatic heterocycles. The molecule has 0 saturated carbocycles. The Morgan fingerprint density at radius 1 is 1.22 bits per heavy atom. The molecular formula is C14H19NO7S. The third-order valence-corrected chi connectivity index (χ3v) is 3.47. The number of benzene rings is 1. The molecule has 1 rings (SSSR count). The van der Waals surface area contributed by atoms with Gasteiger partial charge in [-0.3, -0.25) is 9.35 Å². The zero-order valence-electron chi connectivity index (χ0n) is 12.6. The Morgan fingerprint density at radius 2 is 1.87 bits per heavy atom. The Balaban J connectivity index is 2.29. The van der Waals surface area contributed by atoms with Gasteiger partial charge in [0.25, 0.3) is 10.1 Å². The number of esters is 1. The largest absolute Gasteiger partial charge is 0.445 e. The van der Waals surface area contributed by atoms with Crippen LogP contribution < -0.4 is 10.1 Å². The van der Waals surface area contributed by atoms with E-state index in [0.29, 0.717) is 11.3 Å². The number of amides is 1. The van der Waals surface area contributed by atoms with Crippen molar-refractivity contribution in [3.8, 4) is 5.75 Å². The van der Waals surface area contributed by atoms with Crippen LogP contribution in [0.1, 0.15) is 25.3 Å². The predicted octanol–water partition coefficient (Wildman–Crippen LogP) is 1.51. The molecule has 0 heterocycles. The number of hydrogen-bond acceptors (Lipinski definition) is 6. The first-order valence-corrected chi connectivity index (χ1v) is 8.56. The molecule has 1 amide bonds. The average Bonchev–Trinajstić information content (AvgIpc) is 2.50. The van der Waals surface area contributed by atoms with E-state index in [1.807, 2.05) is 0 Å². The van der Waals surface area contributed by atoms with Crippen molar-refractivity contribution in [2.24, 2.45) is 0 Å². The number of ether oxygens (including phenoxy) is 2. The summed E-state index contributed by atoms with van der Waals surface area (Å²) in [6.07, 6.45) is -0.324. The van der Waals surface area contributed by atoms with Gasteiger partial charge >= 0.3 is 12.1 Å². The molecule has 0 aliphatic heterocycles. The van der Waals surface area contributed by atoms with E-state index in [9.17, 15) is 18.0 Å². The van der Waals surface area contributed by atoms with Crippen molar-refractivity contribution >= 4 is 22.2 Å². The van der Waals surface area contributed by atoms with E-state index in [2.05, 4.69) is 5.32 Å². The summed E-state index contributed by atoms with van der Waals surface area (Å²) < 4.78 is 39.4. The van der Waals surface area contributed by atoms with Gasteiger partial charge in [0.2, 0.25) is 0 Å². The quantitative estimate of drug-likeness (QED) is 0.317. The highest BCUT2D eigenvalue weighted by molar-refractivity contribution is 7.85. The van der Waals surface area contributed by atoms with Crippen molar-refractivity contribution < 1.29 is 32.0 Å². The lowest BCUT2D eigenvalue weighted by Gasteiger charge is -2.07. The van der Waals surface area contributed by atoms with E-state index in [1.54, 1.807) is 31.2 Å². The van der Waals surface area contributed by atoms with Gasteiger partial charge in [-0.1, -0.05) is 19.1 Å². The average molecular weight is 345 g/mol. The van der Waals surface area contributed by atoms with Crippen molar-refractivity contribution in [3.05, 3.63) is 29.8 Å². The minimum absolute atomic E-state index is 0.0200. The Labute approximate surface area is 134 Å². The SMILES string of the molecule is CCC(=O)Oc1ccc(COC(=O)NCCCS(=O)(=O)O)cc1. The van der Waals surface area contributed by atoms with Crippen molar-refractivity contribution in [2.45, 2.75) is 26.4 Å². The standard InChI is InChI=1S/C14H19NO7S/c1-2-13(16)22-12-6-4-11(5-7-12)10-21-14(17)15-8-3-9-23(18,19)20/h4-7H,2-3,8-10H2,1H3,(H,15,17)(H,18,19,20). The van der Waals surface area contributed by atoms with Crippen molar-refractivity contribution in [1.82, 2.24) is 5.32 Å². The van der Waals surface area contributed by atoms with Crippen LogP contribution in [0.25, 0.3) is 0 Å². The molecule has 2 N–H and O–H groups in total. The predicted molar refractivity (Wildman–Crippen MR) is 81.6 cm³/mol. The molecule has 0 spiro atoms. The van der Waals surface area contributed by atoms with Gasteiger partial charge in [-0.15, -0.1) is 0 Å². The Bertz CT molecular complexity index is 625. The molecule has 0 aliphatic rings. The van der Waals surface area contributed by atoms with Crippen LogP contribution in [0.3, 0.4) is 0 Å². The second-order valence-corrected chi connectivity index (χ2v) is 6.19. The monoisotopic (exact) mass is 345 g/mol. The maximum Gasteiger partial charge on any atom is 0.407 e. The highest BCUT2D eigenvalue weighted by atomic mass is 32.2.